The van der Waals surface area contributed by atoms with Gasteiger partial charge in [0.2, 0.25) is 0 Å². The maximum Gasteiger partial charge on any atom is 0.0905 e. The van der Waals surface area contributed by atoms with Gasteiger partial charge in [0, 0.05) is 40.5 Å². The molecule has 2 aromatic carbocycles. The van der Waals surface area contributed by atoms with Gasteiger partial charge in [-0.2, -0.15) is 5.10 Å². The largest absolute Gasteiger partial charge is 0.377 e. The van der Waals surface area contributed by atoms with Crippen LogP contribution < -0.4 is 0 Å². The van der Waals surface area contributed by atoms with Gasteiger partial charge in [-0.25, -0.2) is 4.68 Å². The summed E-state index contributed by atoms with van der Waals surface area (Å²) in [5, 5.41) is 6.75. The van der Waals surface area contributed by atoms with Gasteiger partial charge < -0.3 is 4.90 Å². The molecule has 0 unspecified atom stereocenters. The molecule has 0 bridgehead atoms. The highest BCUT2D eigenvalue weighted by Gasteiger charge is 2.18. The summed E-state index contributed by atoms with van der Waals surface area (Å²) >= 11 is 18.7. The molecule has 6 heteroatoms. The Morgan fingerprint density at radius 2 is 1.59 bits per heavy atom. The molecule has 4 rings (SSSR count). The van der Waals surface area contributed by atoms with Crippen molar-refractivity contribution in [3.63, 3.8) is 0 Å². The summed E-state index contributed by atoms with van der Waals surface area (Å²) in [5.74, 6) is 0. The smallest absolute Gasteiger partial charge is 0.0905 e. The van der Waals surface area contributed by atoms with Gasteiger partial charge >= 0.3 is 0 Å². The minimum absolute atomic E-state index is 0.557. The normalized spacial score (nSPS) is 14.7. The number of benzene rings is 2. The predicted molar refractivity (Wildman–Crippen MR) is 123 cm³/mol. The van der Waals surface area contributed by atoms with Crippen LogP contribution in [0.5, 0.6) is 0 Å². The third-order valence-electron chi connectivity index (χ3n) is 5.25. The number of rotatable bonds is 4. The zero-order valence-electron chi connectivity index (χ0n) is 16.2. The zero-order valence-corrected chi connectivity index (χ0v) is 18.5. The van der Waals surface area contributed by atoms with E-state index in [2.05, 4.69) is 24.1 Å². The van der Waals surface area contributed by atoms with Crippen LogP contribution in [-0.4, -0.2) is 27.8 Å². The average molecular weight is 447 g/mol. The summed E-state index contributed by atoms with van der Waals surface area (Å²) in [6, 6.07) is 13.3. The van der Waals surface area contributed by atoms with Gasteiger partial charge in [0.05, 0.1) is 22.1 Å². The number of hydrogen-bond acceptors (Lipinski definition) is 2. The van der Waals surface area contributed by atoms with E-state index in [4.69, 9.17) is 39.9 Å². The second-order valence-electron chi connectivity index (χ2n) is 7.29. The fraction of sp³-hybridized carbons (Fsp3) is 0.261. The van der Waals surface area contributed by atoms with Crippen molar-refractivity contribution in [1.82, 2.24) is 14.7 Å². The third-order valence-corrected chi connectivity index (χ3v) is 6.04. The maximum atomic E-state index is 6.52. The lowest BCUT2D eigenvalue weighted by molar-refractivity contribution is 0.311. The van der Waals surface area contributed by atoms with E-state index in [1.54, 1.807) is 6.07 Å². The first-order chi connectivity index (χ1) is 14.0. The van der Waals surface area contributed by atoms with Crippen molar-refractivity contribution in [3.8, 4) is 16.9 Å². The van der Waals surface area contributed by atoms with Crippen molar-refractivity contribution >= 4 is 40.9 Å². The highest BCUT2D eigenvalue weighted by atomic mass is 35.5. The molecule has 3 aromatic rings. The quantitative estimate of drug-likeness (QED) is 0.420. The molecule has 1 aromatic heterocycles. The summed E-state index contributed by atoms with van der Waals surface area (Å²) in [5.41, 5.74) is 4.83. The van der Waals surface area contributed by atoms with Crippen LogP contribution in [0.3, 0.4) is 0 Å². The van der Waals surface area contributed by atoms with E-state index in [1.165, 1.54) is 19.3 Å². The number of piperidine rings is 1. The molecule has 1 aliphatic rings. The Kier molecular flexibility index (Phi) is 6.19. The Labute approximate surface area is 186 Å². The van der Waals surface area contributed by atoms with Gasteiger partial charge in [-0.05, 0) is 62.6 Å². The molecule has 0 atom stereocenters. The Balaban J connectivity index is 1.81. The zero-order chi connectivity index (χ0) is 20.4. The topological polar surface area (TPSA) is 21.1 Å². The number of halogens is 3. The Morgan fingerprint density at radius 3 is 2.28 bits per heavy atom. The molecule has 1 saturated heterocycles. The van der Waals surface area contributed by atoms with Crippen LogP contribution in [0, 0.1) is 6.92 Å². The lowest BCUT2D eigenvalue weighted by Gasteiger charge is -2.24. The van der Waals surface area contributed by atoms with Crippen molar-refractivity contribution in [2.45, 2.75) is 26.2 Å². The molecule has 150 valence electrons. The highest BCUT2D eigenvalue weighted by molar-refractivity contribution is 6.35. The van der Waals surface area contributed by atoms with E-state index in [9.17, 15) is 0 Å². The molecule has 0 amide bonds. The van der Waals surface area contributed by atoms with Crippen LogP contribution in [0.25, 0.3) is 23.0 Å². The van der Waals surface area contributed by atoms with Crippen molar-refractivity contribution in [1.29, 1.82) is 0 Å². The average Bonchev–Trinajstić information content (AvgIpc) is 3.04. The van der Waals surface area contributed by atoms with Crippen LogP contribution in [-0.2, 0) is 0 Å². The van der Waals surface area contributed by atoms with Crippen LogP contribution >= 0.6 is 34.8 Å². The molecule has 0 radical (unpaired) electrons. The van der Waals surface area contributed by atoms with Gasteiger partial charge in [-0.3, -0.25) is 0 Å². The van der Waals surface area contributed by atoms with Gasteiger partial charge in [0.15, 0.2) is 0 Å². The van der Waals surface area contributed by atoms with Gasteiger partial charge in [-0.15, -0.1) is 0 Å². The minimum atomic E-state index is 0.557. The Morgan fingerprint density at radius 1 is 0.897 bits per heavy atom. The molecular weight excluding hydrogens is 425 g/mol. The van der Waals surface area contributed by atoms with Gasteiger partial charge in [-0.1, -0.05) is 46.9 Å². The van der Waals surface area contributed by atoms with Crippen molar-refractivity contribution in [2.24, 2.45) is 0 Å². The van der Waals surface area contributed by atoms with Crippen molar-refractivity contribution in [2.75, 3.05) is 13.1 Å². The van der Waals surface area contributed by atoms with E-state index in [1.807, 2.05) is 41.1 Å². The molecular formula is C23H22Cl3N3. The van der Waals surface area contributed by atoms with Crippen LogP contribution in [0.1, 0.15) is 30.5 Å². The first kappa shape index (κ1) is 20.3. The highest BCUT2D eigenvalue weighted by Crippen LogP contribution is 2.33. The van der Waals surface area contributed by atoms with Gasteiger partial charge in [0.1, 0.15) is 0 Å². The fourth-order valence-electron chi connectivity index (χ4n) is 3.69. The standard InChI is InChI=1S/C23H22Cl3N3/c1-16-21(11-14-28-12-3-2-4-13-28)27-29(22-10-9-19(25)15-20(22)26)23(16)17-5-7-18(24)8-6-17/h5-11,14-15H,2-4,12-13H2,1H3/b14-11+. The molecule has 0 spiro atoms. The van der Waals surface area contributed by atoms with E-state index in [0.29, 0.717) is 15.1 Å². The molecule has 2 heterocycles. The molecule has 0 aliphatic carbocycles. The first-order valence-electron chi connectivity index (χ1n) is 9.76. The number of aromatic nitrogens is 2. The number of hydrogen-bond donors (Lipinski definition) is 0. The Bertz CT molecular complexity index is 1030. The molecule has 29 heavy (non-hydrogen) atoms. The summed E-state index contributed by atoms with van der Waals surface area (Å²) in [7, 11) is 0. The first-order valence-corrected chi connectivity index (χ1v) is 10.9. The SMILES string of the molecule is Cc1c(/C=C/N2CCCCC2)nn(-c2ccc(Cl)cc2Cl)c1-c1ccc(Cl)cc1. The second-order valence-corrected chi connectivity index (χ2v) is 8.57. The lowest BCUT2D eigenvalue weighted by Crippen LogP contribution is -2.23. The van der Waals surface area contributed by atoms with E-state index < -0.39 is 0 Å². The Hall–Kier alpha value is -1.94. The van der Waals surface area contributed by atoms with Crippen LogP contribution in [0.4, 0.5) is 0 Å². The summed E-state index contributed by atoms with van der Waals surface area (Å²) < 4.78 is 1.90. The molecule has 1 aliphatic heterocycles. The maximum absolute atomic E-state index is 6.52. The number of likely N-dealkylation sites (tertiary alicyclic amines) is 1. The van der Waals surface area contributed by atoms with E-state index in [-0.39, 0.29) is 0 Å². The lowest BCUT2D eigenvalue weighted by atomic mass is 10.1. The molecule has 0 saturated carbocycles. The van der Waals surface area contributed by atoms with Crippen molar-refractivity contribution in [3.05, 3.63) is 75.0 Å². The summed E-state index contributed by atoms with van der Waals surface area (Å²) in [6.45, 7) is 4.29. The summed E-state index contributed by atoms with van der Waals surface area (Å²) in [4.78, 5) is 2.36. The fourth-order valence-corrected chi connectivity index (χ4v) is 4.30. The predicted octanol–water partition coefficient (Wildman–Crippen LogP) is 7.26. The van der Waals surface area contributed by atoms with Gasteiger partial charge in [0.25, 0.3) is 0 Å². The van der Waals surface area contributed by atoms with Crippen molar-refractivity contribution < 1.29 is 0 Å². The molecule has 1 fully saturated rings. The number of nitrogens with zero attached hydrogens (tertiary/aromatic N) is 3. The van der Waals surface area contributed by atoms with E-state index >= 15 is 0 Å². The second kappa shape index (κ2) is 8.83. The monoisotopic (exact) mass is 445 g/mol. The van der Waals surface area contributed by atoms with Crippen LogP contribution in [0.2, 0.25) is 15.1 Å². The van der Waals surface area contributed by atoms with E-state index in [0.717, 1.165) is 41.3 Å². The molecule has 0 N–H and O–H groups in total. The molecule has 3 nitrogen and oxygen atoms in total. The third kappa shape index (κ3) is 4.48. The summed E-state index contributed by atoms with van der Waals surface area (Å²) in [6.07, 6.45) is 8.06. The minimum Gasteiger partial charge on any atom is -0.377 e. The van der Waals surface area contributed by atoms with Crippen LogP contribution in [0.15, 0.2) is 48.7 Å².